The van der Waals surface area contributed by atoms with Crippen molar-refractivity contribution in [3.05, 3.63) is 52.3 Å². The molecule has 116 valence electrons. The molecule has 0 saturated heterocycles. The molecule has 0 aliphatic heterocycles. The second-order valence-electron chi connectivity index (χ2n) is 6.72. The molecule has 0 fully saturated rings. The van der Waals surface area contributed by atoms with Crippen LogP contribution < -0.4 is 0 Å². The number of hydrogen-bond donors (Lipinski definition) is 2. The van der Waals surface area contributed by atoms with Gasteiger partial charge in [0.25, 0.3) is 0 Å². The minimum atomic E-state index is -1.09. The maximum absolute atomic E-state index is 12.3. The summed E-state index contributed by atoms with van der Waals surface area (Å²) < 4.78 is 0. The number of carbonyl (C=O) groups excluding carboxylic acids is 1. The Balaban J connectivity index is 2.23. The highest BCUT2D eigenvalue weighted by Gasteiger charge is 2.48. The van der Waals surface area contributed by atoms with Gasteiger partial charge in [-0.3, -0.25) is 9.89 Å². The molecule has 22 heavy (non-hydrogen) atoms. The molecule has 0 unspecified atom stereocenters. The Hall–Kier alpha value is -1.94. The van der Waals surface area contributed by atoms with E-state index in [0.29, 0.717) is 6.42 Å². The quantitative estimate of drug-likeness (QED) is 0.896. The van der Waals surface area contributed by atoms with Crippen molar-refractivity contribution in [3.8, 4) is 0 Å². The van der Waals surface area contributed by atoms with Crippen LogP contribution in [0.5, 0.6) is 0 Å². The van der Waals surface area contributed by atoms with Crippen LogP contribution in [0, 0.1) is 19.8 Å². The normalized spacial score (nSPS) is 27.5. The lowest BCUT2D eigenvalue weighted by atomic mass is 9.64. The maximum atomic E-state index is 12.3. The van der Waals surface area contributed by atoms with Gasteiger partial charge in [-0.15, -0.1) is 0 Å². The number of aromatic amines is 1. The van der Waals surface area contributed by atoms with Gasteiger partial charge in [0.1, 0.15) is 5.78 Å². The second kappa shape index (κ2) is 5.06. The maximum Gasteiger partial charge on any atom is 0.136 e. The van der Waals surface area contributed by atoms with Crippen molar-refractivity contribution < 1.29 is 9.90 Å². The van der Waals surface area contributed by atoms with Crippen molar-refractivity contribution in [2.45, 2.75) is 45.6 Å². The summed E-state index contributed by atoms with van der Waals surface area (Å²) in [7, 11) is 0. The first-order valence-electron chi connectivity index (χ1n) is 7.64. The van der Waals surface area contributed by atoms with Gasteiger partial charge < -0.3 is 5.11 Å². The van der Waals surface area contributed by atoms with Gasteiger partial charge >= 0.3 is 0 Å². The van der Waals surface area contributed by atoms with E-state index in [-0.39, 0.29) is 11.7 Å². The third kappa shape index (κ3) is 2.28. The molecule has 4 nitrogen and oxygen atoms in total. The minimum Gasteiger partial charge on any atom is -0.389 e. The average molecular weight is 298 g/mol. The van der Waals surface area contributed by atoms with Gasteiger partial charge in [0.15, 0.2) is 0 Å². The lowest BCUT2D eigenvalue weighted by Crippen LogP contribution is -2.48. The summed E-state index contributed by atoms with van der Waals surface area (Å²) in [5, 5.41) is 18.2. The van der Waals surface area contributed by atoms with Crippen molar-refractivity contribution in [1.29, 1.82) is 0 Å². The van der Waals surface area contributed by atoms with E-state index in [1.807, 2.05) is 38.1 Å². The van der Waals surface area contributed by atoms with Crippen LogP contribution in [0.1, 0.15) is 47.8 Å². The number of hydrogen-bond acceptors (Lipinski definition) is 3. The highest BCUT2D eigenvalue weighted by molar-refractivity contribution is 5.82. The number of carbonyl (C=O) groups is 1. The molecular formula is C18H22N2O2. The lowest BCUT2D eigenvalue weighted by Gasteiger charge is -2.41. The van der Waals surface area contributed by atoms with Crippen LogP contribution >= 0.6 is 0 Å². The molecule has 4 heteroatoms. The smallest absolute Gasteiger partial charge is 0.136 e. The van der Waals surface area contributed by atoms with Crippen LogP contribution in [0.3, 0.4) is 0 Å². The van der Waals surface area contributed by atoms with E-state index in [9.17, 15) is 9.90 Å². The van der Waals surface area contributed by atoms with Crippen molar-refractivity contribution in [2.24, 2.45) is 5.92 Å². The van der Waals surface area contributed by atoms with Crippen LogP contribution in [-0.4, -0.2) is 26.7 Å². The van der Waals surface area contributed by atoms with Gasteiger partial charge in [-0.05, 0) is 33.3 Å². The lowest BCUT2D eigenvalue weighted by molar-refractivity contribution is -0.130. The van der Waals surface area contributed by atoms with Crippen molar-refractivity contribution in [1.82, 2.24) is 10.2 Å². The van der Waals surface area contributed by atoms with Gasteiger partial charge in [0.2, 0.25) is 0 Å². The number of benzene rings is 1. The molecule has 0 amide bonds. The molecule has 2 aromatic rings. The zero-order valence-electron chi connectivity index (χ0n) is 13.5. The average Bonchev–Trinajstić information content (AvgIpc) is 2.77. The van der Waals surface area contributed by atoms with E-state index in [4.69, 9.17) is 0 Å². The number of aliphatic hydroxyl groups is 1. The SMILES string of the molecule is CC(=O)[C@@H]1[C@H](c2ccc(C)cc2)c2c(n[nH]c2C)C[C@@]1(C)O. The third-order valence-corrected chi connectivity index (χ3v) is 4.79. The first-order valence-corrected chi connectivity index (χ1v) is 7.64. The second-order valence-corrected chi connectivity index (χ2v) is 6.72. The molecule has 1 aromatic heterocycles. The molecule has 3 atom stereocenters. The van der Waals surface area contributed by atoms with Gasteiger partial charge in [-0.1, -0.05) is 29.8 Å². The zero-order chi connectivity index (χ0) is 16.1. The van der Waals surface area contributed by atoms with Crippen molar-refractivity contribution >= 4 is 5.78 Å². The molecule has 0 spiro atoms. The van der Waals surface area contributed by atoms with E-state index < -0.39 is 11.5 Å². The van der Waals surface area contributed by atoms with Crippen molar-refractivity contribution in [3.63, 3.8) is 0 Å². The number of nitrogens with one attached hydrogen (secondary N) is 1. The summed E-state index contributed by atoms with van der Waals surface area (Å²) >= 11 is 0. The summed E-state index contributed by atoms with van der Waals surface area (Å²) in [4.78, 5) is 12.3. The molecule has 0 saturated carbocycles. The molecule has 1 heterocycles. The van der Waals surface area contributed by atoms with Crippen molar-refractivity contribution in [2.75, 3.05) is 0 Å². The first-order chi connectivity index (χ1) is 10.3. The fraction of sp³-hybridized carbons (Fsp3) is 0.444. The Morgan fingerprint density at radius 3 is 2.55 bits per heavy atom. The number of ketones is 1. The monoisotopic (exact) mass is 298 g/mol. The molecule has 2 N–H and O–H groups in total. The Morgan fingerprint density at radius 1 is 1.32 bits per heavy atom. The third-order valence-electron chi connectivity index (χ3n) is 4.79. The number of H-pyrrole nitrogens is 1. The summed E-state index contributed by atoms with van der Waals surface area (Å²) in [6.07, 6.45) is 0.402. The Kier molecular flexibility index (Phi) is 3.44. The largest absolute Gasteiger partial charge is 0.389 e. The topological polar surface area (TPSA) is 66.0 Å². The van der Waals surface area contributed by atoms with Gasteiger partial charge in [0.05, 0.1) is 17.2 Å². The van der Waals surface area contributed by atoms with Crippen LogP contribution in [0.15, 0.2) is 24.3 Å². The first kappa shape index (κ1) is 15.0. The van der Waals surface area contributed by atoms with E-state index in [1.54, 1.807) is 13.8 Å². The Labute approximate surface area is 130 Å². The van der Waals surface area contributed by atoms with Crippen LogP contribution in [0.2, 0.25) is 0 Å². The summed E-state index contributed by atoms with van der Waals surface area (Å²) in [6, 6.07) is 8.19. The van der Waals surface area contributed by atoms with Crippen LogP contribution in [0.4, 0.5) is 0 Å². The summed E-state index contributed by atoms with van der Waals surface area (Å²) in [6.45, 7) is 7.33. The fourth-order valence-electron chi connectivity index (χ4n) is 3.82. The summed E-state index contributed by atoms with van der Waals surface area (Å²) in [5.41, 5.74) is 4.05. The Bertz CT molecular complexity index is 713. The van der Waals surface area contributed by atoms with E-state index in [1.165, 1.54) is 5.56 Å². The fourth-order valence-corrected chi connectivity index (χ4v) is 3.82. The van der Waals surface area contributed by atoms with Gasteiger partial charge in [-0.25, -0.2) is 0 Å². The Morgan fingerprint density at radius 2 is 1.95 bits per heavy atom. The van der Waals surface area contributed by atoms with E-state index in [2.05, 4.69) is 10.2 Å². The van der Waals surface area contributed by atoms with Gasteiger partial charge in [0, 0.05) is 23.6 Å². The molecule has 0 radical (unpaired) electrons. The predicted molar refractivity (Wildman–Crippen MR) is 84.8 cm³/mol. The van der Waals surface area contributed by atoms with E-state index in [0.717, 1.165) is 22.5 Å². The summed E-state index contributed by atoms with van der Waals surface area (Å²) in [5.74, 6) is -0.601. The predicted octanol–water partition coefficient (Wildman–Crippen LogP) is 2.67. The van der Waals surface area contributed by atoms with Crippen LogP contribution in [0.25, 0.3) is 0 Å². The molecule has 0 bridgehead atoms. The number of aryl methyl sites for hydroxylation is 2. The zero-order valence-corrected chi connectivity index (χ0v) is 13.5. The number of fused-ring (bicyclic) bond motifs is 1. The van der Waals surface area contributed by atoms with Gasteiger partial charge in [-0.2, -0.15) is 5.10 Å². The molecule has 1 aromatic carbocycles. The minimum absolute atomic E-state index is 0.0156. The highest BCUT2D eigenvalue weighted by atomic mass is 16.3. The van der Waals surface area contributed by atoms with E-state index >= 15 is 0 Å². The number of aromatic nitrogens is 2. The standard InChI is InChI=1S/C18H22N2O2/c1-10-5-7-13(8-6-10)16-15-11(2)19-20-14(15)9-18(4,22)17(16)12(3)21/h5-8,16-17,22H,9H2,1-4H3,(H,19,20)/t16-,17-,18-/m1/s1. The molecule has 1 aliphatic carbocycles. The number of rotatable bonds is 2. The number of Topliss-reactive ketones (excluding diaryl/α,β-unsaturated/α-hetero) is 1. The number of nitrogens with zero attached hydrogens (tertiary/aromatic N) is 1. The molecule has 1 aliphatic rings. The van der Waals surface area contributed by atoms with Crippen LogP contribution in [-0.2, 0) is 11.2 Å². The highest BCUT2D eigenvalue weighted by Crippen LogP contribution is 2.46. The molecular weight excluding hydrogens is 276 g/mol. The molecule has 3 rings (SSSR count).